The number of rotatable bonds is 4. The standard InChI is InChI=1S/C7H10F3N3S2/c1-3-11-5-12-13-6(15-5)14-4(2)7(8,9)10/h4H,3H2,1-2H3,(H,11,12). The Kier molecular flexibility index (Phi) is 4.21. The van der Waals surface area contributed by atoms with Gasteiger partial charge in [0.05, 0.1) is 0 Å². The van der Waals surface area contributed by atoms with E-state index >= 15 is 0 Å². The lowest BCUT2D eigenvalue weighted by Gasteiger charge is -2.12. The normalized spacial score (nSPS) is 13.9. The van der Waals surface area contributed by atoms with E-state index in [4.69, 9.17) is 0 Å². The summed E-state index contributed by atoms with van der Waals surface area (Å²) in [6.07, 6.45) is -4.20. The zero-order valence-corrected chi connectivity index (χ0v) is 9.76. The molecular weight excluding hydrogens is 247 g/mol. The van der Waals surface area contributed by atoms with Crippen molar-refractivity contribution >= 4 is 28.2 Å². The number of hydrogen-bond acceptors (Lipinski definition) is 5. The fourth-order valence-electron chi connectivity index (χ4n) is 0.698. The van der Waals surface area contributed by atoms with Gasteiger partial charge in [-0.1, -0.05) is 23.1 Å². The third-order valence-electron chi connectivity index (χ3n) is 1.47. The molecule has 0 aliphatic carbocycles. The van der Waals surface area contributed by atoms with Crippen LogP contribution < -0.4 is 5.32 Å². The molecule has 0 aromatic carbocycles. The van der Waals surface area contributed by atoms with Gasteiger partial charge in [-0.25, -0.2) is 0 Å². The van der Waals surface area contributed by atoms with Gasteiger partial charge in [-0.2, -0.15) is 13.2 Å². The zero-order chi connectivity index (χ0) is 11.5. The van der Waals surface area contributed by atoms with Crippen molar-refractivity contribution in [3.05, 3.63) is 0 Å². The van der Waals surface area contributed by atoms with Gasteiger partial charge < -0.3 is 5.32 Å². The maximum atomic E-state index is 12.2. The molecule has 0 bridgehead atoms. The fourth-order valence-corrected chi connectivity index (χ4v) is 2.63. The van der Waals surface area contributed by atoms with E-state index in [-0.39, 0.29) is 0 Å². The van der Waals surface area contributed by atoms with Crippen molar-refractivity contribution in [2.75, 3.05) is 11.9 Å². The topological polar surface area (TPSA) is 37.8 Å². The SMILES string of the molecule is CCNc1nnc(SC(C)C(F)(F)F)s1. The van der Waals surface area contributed by atoms with Crippen LogP contribution in [0.4, 0.5) is 18.3 Å². The van der Waals surface area contributed by atoms with Crippen molar-refractivity contribution in [3.63, 3.8) is 0 Å². The molecule has 1 heterocycles. The maximum absolute atomic E-state index is 12.2. The molecule has 0 aliphatic rings. The Labute approximate surface area is 93.5 Å². The highest BCUT2D eigenvalue weighted by atomic mass is 32.2. The van der Waals surface area contributed by atoms with Gasteiger partial charge in [0.25, 0.3) is 0 Å². The van der Waals surface area contributed by atoms with Crippen LogP contribution in [-0.4, -0.2) is 28.2 Å². The lowest BCUT2D eigenvalue weighted by molar-refractivity contribution is -0.125. The number of nitrogens with zero attached hydrogens (tertiary/aromatic N) is 2. The lowest BCUT2D eigenvalue weighted by Crippen LogP contribution is -2.21. The van der Waals surface area contributed by atoms with Gasteiger partial charge in [0, 0.05) is 6.54 Å². The number of alkyl halides is 3. The van der Waals surface area contributed by atoms with E-state index in [1.165, 1.54) is 0 Å². The Balaban J connectivity index is 2.57. The van der Waals surface area contributed by atoms with E-state index < -0.39 is 11.4 Å². The fraction of sp³-hybridized carbons (Fsp3) is 0.714. The highest BCUT2D eigenvalue weighted by Gasteiger charge is 2.37. The molecule has 0 aliphatic heterocycles. The minimum absolute atomic E-state index is 0.329. The first-order valence-electron chi connectivity index (χ1n) is 4.24. The Hall–Kier alpha value is -0.500. The molecule has 1 aromatic rings. The first-order chi connectivity index (χ1) is 6.93. The Morgan fingerprint density at radius 1 is 1.47 bits per heavy atom. The van der Waals surface area contributed by atoms with Gasteiger partial charge in [0.2, 0.25) is 5.13 Å². The number of anilines is 1. The average Bonchev–Trinajstić information content (AvgIpc) is 2.51. The summed E-state index contributed by atoms with van der Waals surface area (Å²) in [5, 5.41) is 9.35. The molecule has 8 heteroatoms. The van der Waals surface area contributed by atoms with Crippen LogP contribution in [0.3, 0.4) is 0 Å². The van der Waals surface area contributed by atoms with Crippen LogP contribution in [0.5, 0.6) is 0 Å². The highest BCUT2D eigenvalue weighted by molar-refractivity contribution is 8.01. The van der Waals surface area contributed by atoms with Gasteiger partial charge in [-0.05, 0) is 13.8 Å². The van der Waals surface area contributed by atoms with Crippen molar-refractivity contribution < 1.29 is 13.2 Å². The number of thioether (sulfide) groups is 1. The zero-order valence-electron chi connectivity index (χ0n) is 8.13. The highest BCUT2D eigenvalue weighted by Crippen LogP contribution is 2.36. The van der Waals surface area contributed by atoms with Crippen LogP contribution in [0, 0.1) is 0 Å². The molecule has 0 amide bonds. The van der Waals surface area contributed by atoms with Crippen LogP contribution in [-0.2, 0) is 0 Å². The third-order valence-corrected chi connectivity index (χ3v) is 3.59. The second kappa shape index (κ2) is 5.02. The molecule has 0 saturated heterocycles. The third kappa shape index (κ3) is 3.86. The maximum Gasteiger partial charge on any atom is 0.400 e. The molecule has 1 aromatic heterocycles. The quantitative estimate of drug-likeness (QED) is 0.841. The van der Waals surface area contributed by atoms with E-state index in [1.807, 2.05) is 6.92 Å². The summed E-state index contributed by atoms with van der Waals surface area (Å²) in [4.78, 5) is 0. The summed E-state index contributed by atoms with van der Waals surface area (Å²) in [6, 6.07) is 0. The van der Waals surface area contributed by atoms with Gasteiger partial charge in [-0.15, -0.1) is 10.2 Å². The van der Waals surface area contributed by atoms with E-state index in [9.17, 15) is 13.2 Å². The molecule has 3 nitrogen and oxygen atoms in total. The van der Waals surface area contributed by atoms with Crippen LogP contribution in [0.2, 0.25) is 0 Å². The van der Waals surface area contributed by atoms with Gasteiger partial charge in [-0.3, -0.25) is 0 Å². The second-order valence-electron chi connectivity index (χ2n) is 2.71. The van der Waals surface area contributed by atoms with Gasteiger partial charge in [0.15, 0.2) is 4.34 Å². The minimum atomic E-state index is -4.20. The number of nitrogens with one attached hydrogen (secondary N) is 1. The van der Waals surface area contributed by atoms with Crippen LogP contribution in [0.15, 0.2) is 4.34 Å². The molecule has 15 heavy (non-hydrogen) atoms. The molecule has 1 atom stereocenters. The summed E-state index contributed by atoms with van der Waals surface area (Å²) in [5.74, 6) is 0. The van der Waals surface area contributed by atoms with E-state index in [0.29, 0.717) is 27.8 Å². The van der Waals surface area contributed by atoms with E-state index in [0.717, 1.165) is 18.3 Å². The molecule has 0 radical (unpaired) electrons. The van der Waals surface area contributed by atoms with Gasteiger partial charge >= 0.3 is 6.18 Å². The molecule has 1 rings (SSSR count). The monoisotopic (exact) mass is 257 g/mol. The van der Waals surface area contributed by atoms with Gasteiger partial charge in [0.1, 0.15) is 5.25 Å². The summed E-state index contributed by atoms with van der Waals surface area (Å²) in [5.41, 5.74) is 0. The summed E-state index contributed by atoms with van der Waals surface area (Å²) in [6.45, 7) is 3.67. The second-order valence-corrected chi connectivity index (χ2v) is 5.27. The average molecular weight is 257 g/mol. The molecule has 1 N–H and O–H groups in total. The van der Waals surface area contributed by atoms with Crippen LogP contribution >= 0.6 is 23.1 Å². The number of hydrogen-bond donors (Lipinski definition) is 1. The smallest absolute Gasteiger partial charge is 0.360 e. The summed E-state index contributed by atoms with van der Waals surface area (Å²) >= 11 is 1.81. The Morgan fingerprint density at radius 2 is 2.13 bits per heavy atom. The van der Waals surface area contributed by atoms with Crippen molar-refractivity contribution in [2.24, 2.45) is 0 Å². The Morgan fingerprint density at radius 3 is 2.67 bits per heavy atom. The largest absolute Gasteiger partial charge is 0.400 e. The number of halogens is 3. The lowest BCUT2D eigenvalue weighted by atomic mass is 10.5. The van der Waals surface area contributed by atoms with E-state index in [2.05, 4.69) is 15.5 Å². The Bertz CT molecular complexity index is 313. The van der Waals surface area contributed by atoms with E-state index in [1.54, 1.807) is 0 Å². The predicted octanol–water partition coefficient (Wildman–Crippen LogP) is 3.01. The molecule has 1 unspecified atom stereocenters. The van der Waals surface area contributed by atoms with Crippen molar-refractivity contribution in [1.82, 2.24) is 10.2 Å². The number of aromatic nitrogens is 2. The molecular formula is C7H10F3N3S2. The summed E-state index contributed by atoms with van der Waals surface area (Å²) in [7, 11) is 0. The van der Waals surface area contributed by atoms with Crippen LogP contribution in [0.1, 0.15) is 13.8 Å². The summed E-state index contributed by atoms with van der Waals surface area (Å²) < 4.78 is 37.0. The molecule has 0 fully saturated rings. The molecule has 86 valence electrons. The first-order valence-corrected chi connectivity index (χ1v) is 5.94. The van der Waals surface area contributed by atoms with Crippen molar-refractivity contribution in [2.45, 2.75) is 29.6 Å². The minimum Gasteiger partial charge on any atom is -0.360 e. The molecule has 0 saturated carbocycles. The van der Waals surface area contributed by atoms with Crippen LogP contribution in [0.25, 0.3) is 0 Å². The van der Waals surface area contributed by atoms with Crippen molar-refractivity contribution in [3.8, 4) is 0 Å². The predicted molar refractivity (Wildman–Crippen MR) is 55.4 cm³/mol. The first kappa shape index (κ1) is 12.6. The molecule has 0 spiro atoms. The van der Waals surface area contributed by atoms with Crippen molar-refractivity contribution in [1.29, 1.82) is 0 Å².